The lowest BCUT2D eigenvalue weighted by atomic mass is 10.2. The summed E-state index contributed by atoms with van der Waals surface area (Å²) in [5.74, 6) is 3.02. The van der Waals surface area contributed by atoms with Gasteiger partial charge in [0.15, 0.2) is 0 Å². The highest BCUT2D eigenvalue weighted by Gasteiger charge is 2.10. The second-order valence-corrected chi connectivity index (χ2v) is 4.77. The Bertz CT molecular complexity index is 382. The molecule has 5 nitrogen and oxygen atoms in total. The van der Waals surface area contributed by atoms with Crippen molar-refractivity contribution in [1.82, 2.24) is 9.97 Å². The van der Waals surface area contributed by atoms with Crippen LogP contribution in [0.3, 0.4) is 0 Å². The smallest absolute Gasteiger partial charge is 0.135 e. The quantitative estimate of drug-likeness (QED) is 0.733. The standard InChI is InChI=1S/C14H26N4O/c1-6-15-12-10-13(17-14(16-12)11(3)4)18(5)8-9-19-7-2/h10-11H,6-9H2,1-5H3,(H,15,16,17). The lowest BCUT2D eigenvalue weighted by molar-refractivity contribution is 0.154. The SMILES string of the molecule is CCNc1cc(N(C)CCOCC)nc(C(C)C)n1. The second-order valence-electron chi connectivity index (χ2n) is 4.77. The molecule has 1 aromatic rings. The average Bonchev–Trinajstić information content (AvgIpc) is 2.39. The number of rotatable bonds is 8. The molecule has 1 N–H and O–H groups in total. The number of ether oxygens (including phenoxy) is 1. The largest absolute Gasteiger partial charge is 0.380 e. The van der Waals surface area contributed by atoms with Crippen LogP contribution in [0.25, 0.3) is 0 Å². The topological polar surface area (TPSA) is 50.3 Å². The Balaban J connectivity index is 2.85. The molecule has 0 bridgehead atoms. The third kappa shape index (κ3) is 5.03. The number of likely N-dealkylation sites (N-methyl/N-ethyl adjacent to an activating group) is 1. The zero-order valence-electron chi connectivity index (χ0n) is 12.7. The van der Waals surface area contributed by atoms with Gasteiger partial charge in [0.1, 0.15) is 17.5 Å². The summed E-state index contributed by atoms with van der Waals surface area (Å²) in [6, 6.07) is 1.99. The predicted octanol–water partition coefficient (Wildman–Crippen LogP) is 2.50. The van der Waals surface area contributed by atoms with E-state index in [9.17, 15) is 0 Å². The van der Waals surface area contributed by atoms with Crippen LogP contribution in [0.1, 0.15) is 39.4 Å². The van der Waals surface area contributed by atoms with Crippen LogP contribution in [0.15, 0.2) is 6.07 Å². The predicted molar refractivity (Wildman–Crippen MR) is 80.0 cm³/mol. The number of anilines is 2. The number of aromatic nitrogens is 2. The Morgan fingerprint density at radius 3 is 2.63 bits per heavy atom. The molecule has 0 radical (unpaired) electrons. The molecular formula is C14H26N4O. The first kappa shape index (κ1) is 15.7. The van der Waals surface area contributed by atoms with Gasteiger partial charge in [-0.25, -0.2) is 9.97 Å². The minimum absolute atomic E-state index is 0.317. The van der Waals surface area contributed by atoms with Crippen LogP contribution in [-0.4, -0.2) is 43.3 Å². The van der Waals surface area contributed by atoms with E-state index in [4.69, 9.17) is 4.74 Å². The van der Waals surface area contributed by atoms with E-state index in [1.807, 2.05) is 20.0 Å². The van der Waals surface area contributed by atoms with Crippen LogP contribution in [0.2, 0.25) is 0 Å². The monoisotopic (exact) mass is 266 g/mol. The highest BCUT2D eigenvalue weighted by molar-refractivity contribution is 5.49. The Hall–Kier alpha value is -1.36. The minimum atomic E-state index is 0.317. The van der Waals surface area contributed by atoms with Crippen LogP contribution in [0, 0.1) is 0 Å². The van der Waals surface area contributed by atoms with Gasteiger partial charge in [-0.1, -0.05) is 13.8 Å². The Labute approximate surface area is 116 Å². The summed E-state index contributed by atoms with van der Waals surface area (Å²) in [6.45, 7) is 11.4. The molecule has 0 saturated carbocycles. The minimum Gasteiger partial charge on any atom is -0.380 e. The van der Waals surface area contributed by atoms with E-state index in [-0.39, 0.29) is 0 Å². The molecule has 1 aromatic heterocycles. The van der Waals surface area contributed by atoms with Crippen molar-refractivity contribution in [1.29, 1.82) is 0 Å². The maximum atomic E-state index is 5.38. The molecular weight excluding hydrogens is 240 g/mol. The molecule has 0 fully saturated rings. The summed E-state index contributed by atoms with van der Waals surface area (Å²) < 4.78 is 5.38. The van der Waals surface area contributed by atoms with Crippen LogP contribution in [-0.2, 0) is 4.74 Å². The number of nitrogens with one attached hydrogen (secondary N) is 1. The highest BCUT2D eigenvalue weighted by atomic mass is 16.5. The van der Waals surface area contributed by atoms with Crippen molar-refractivity contribution in [3.05, 3.63) is 11.9 Å². The van der Waals surface area contributed by atoms with Crippen molar-refractivity contribution in [2.45, 2.75) is 33.6 Å². The van der Waals surface area contributed by atoms with Crippen LogP contribution < -0.4 is 10.2 Å². The second kappa shape index (κ2) is 7.94. The van der Waals surface area contributed by atoms with Gasteiger partial charge < -0.3 is 15.0 Å². The molecule has 0 saturated heterocycles. The first-order valence-corrected chi connectivity index (χ1v) is 7.00. The fourth-order valence-corrected chi connectivity index (χ4v) is 1.64. The van der Waals surface area contributed by atoms with Crippen LogP contribution in [0.5, 0.6) is 0 Å². The molecule has 5 heteroatoms. The molecule has 19 heavy (non-hydrogen) atoms. The third-order valence-electron chi connectivity index (χ3n) is 2.77. The maximum Gasteiger partial charge on any atom is 0.135 e. The summed E-state index contributed by atoms with van der Waals surface area (Å²) in [4.78, 5) is 11.2. The van der Waals surface area contributed by atoms with Gasteiger partial charge in [-0.3, -0.25) is 0 Å². The molecule has 108 valence electrons. The van der Waals surface area contributed by atoms with E-state index in [1.54, 1.807) is 0 Å². The van der Waals surface area contributed by atoms with Gasteiger partial charge in [0.05, 0.1) is 6.61 Å². The van der Waals surface area contributed by atoms with Crippen molar-refractivity contribution in [2.24, 2.45) is 0 Å². The maximum absolute atomic E-state index is 5.38. The van der Waals surface area contributed by atoms with Gasteiger partial charge in [-0.2, -0.15) is 0 Å². The third-order valence-corrected chi connectivity index (χ3v) is 2.77. The van der Waals surface area contributed by atoms with Crippen molar-refractivity contribution >= 4 is 11.6 Å². The molecule has 0 aliphatic carbocycles. The normalized spacial score (nSPS) is 10.8. The molecule has 1 rings (SSSR count). The Morgan fingerprint density at radius 1 is 1.32 bits per heavy atom. The van der Waals surface area contributed by atoms with E-state index in [0.717, 1.165) is 37.2 Å². The van der Waals surface area contributed by atoms with Gasteiger partial charge >= 0.3 is 0 Å². The highest BCUT2D eigenvalue weighted by Crippen LogP contribution is 2.19. The van der Waals surface area contributed by atoms with Gasteiger partial charge in [0.25, 0.3) is 0 Å². The first-order valence-electron chi connectivity index (χ1n) is 7.00. The summed E-state index contributed by atoms with van der Waals surface area (Å²) in [7, 11) is 2.03. The molecule has 0 aromatic carbocycles. The van der Waals surface area contributed by atoms with E-state index in [2.05, 4.69) is 41.0 Å². The number of nitrogens with zero attached hydrogens (tertiary/aromatic N) is 3. The number of hydrogen-bond donors (Lipinski definition) is 1. The Kier molecular flexibility index (Phi) is 6.56. The molecule has 1 heterocycles. The van der Waals surface area contributed by atoms with Gasteiger partial charge in [-0.05, 0) is 13.8 Å². The van der Waals surface area contributed by atoms with Crippen LogP contribution >= 0.6 is 0 Å². The van der Waals surface area contributed by atoms with E-state index < -0.39 is 0 Å². The zero-order chi connectivity index (χ0) is 14.3. The summed E-state index contributed by atoms with van der Waals surface area (Å²) >= 11 is 0. The lowest BCUT2D eigenvalue weighted by Gasteiger charge is -2.20. The molecule has 0 atom stereocenters. The zero-order valence-corrected chi connectivity index (χ0v) is 12.7. The van der Waals surface area contributed by atoms with Gasteiger partial charge in [-0.15, -0.1) is 0 Å². The molecule has 0 aliphatic heterocycles. The van der Waals surface area contributed by atoms with Crippen molar-refractivity contribution in [3.63, 3.8) is 0 Å². The van der Waals surface area contributed by atoms with Crippen molar-refractivity contribution < 1.29 is 4.74 Å². The molecule has 0 unspecified atom stereocenters. The van der Waals surface area contributed by atoms with Gasteiger partial charge in [0.2, 0.25) is 0 Å². The van der Waals surface area contributed by atoms with E-state index >= 15 is 0 Å². The fourth-order valence-electron chi connectivity index (χ4n) is 1.64. The van der Waals surface area contributed by atoms with E-state index in [0.29, 0.717) is 12.5 Å². The molecule has 0 aliphatic rings. The lowest BCUT2D eigenvalue weighted by Crippen LogP contribution is -2.24. The first-order chi connectivity index (χ1) is 9.08. The average molecular weight is 266 g/mol. The molecule has 0 spiro atoms. The van der Waals surface area contributed by atoms with Crippen molar-refractivity contribution in [2.75, 3.05) is 43.6 Å². The summed E-state index contributed by atoms with van der Waals surface area (Å²) in [5, 5.41) is 3.26. The Morgan fingerprint density at radius 2 is 2.05 bits per heavy atom. The molecule has 0 amide bonds. The number of hydrogen-bond acceptors (Lipinski definition) is 5. The summed E-state index contributed by atoms with van der Waals surface area (Å²) in [6.07, 6.45) is 0. The van der Waals surface area contributed by atoms with E-state index in [1.165, 1.54) is 0 Å². The van der Waals surface area contributed by atoms with Crippen LogP contribution in [0.4, 0.5) is 11.6 Å². The van der Waals surface area contributed by atoms with Crippen molar-refractivity contribution in [3.8, 4) is 0 Å². The summed E-state index contributed by atoms with van der Waals surface area (Å²) in [5.41, 5.74) is 0. The fraction of sp³-hybridized carbons (Fsp3) is 0.714. The van der Waals surface area contributed by atoms with Gasteiger partial charge in [0, 0.05) is 38.7 Å².